The molecule has 0 radical (unpaired) electrons. The number of aryl methyl sites for hydroxylation is 2. The number of benzene rings is 1. The van der Waals surface area contributed by atoms with Crippen molar-refractivity contribution in [1.29, 1.82) is 0 Å². The van der Waals surface area contributed by atoms with Crippen LogP contribution in [0.5, 0.6) is 5.75 Å². The summed E-state index contributed by atoms with van der Waals surface area (Å²) in [5.74, 6) is 1.06. The van der Waals surface area contributed by atoms with Gasteiger partial charge in [0, 0.05) is 31.9 Å². The highest BCUT2D eigenvalue weighted by Crippen LogP contribution is 2.26. The standard InChI is InChI=1S/C15H18N2O/c16-10-13-4-7-17(11-13)6-3-12-1-2-15-14(9-12)5-8-18-15/h1-2,4,7,9,11H,3,5-6,8,10,16H2. The zero-order valence-corrected chi connectivity index (χ0v) is 10.4. The van der Waals surface area contributed by atoms with Gasteiger partial charge in [0.25, 0.3) is 0 Å². The Labute approximate surface area is 107 Å². The average Bonchev–Trinajstić information content (AvgIpc) is 3.04. The van der Waals surface area contributed by atoms with Gasteiger partial charge >= 0.3 is 0 Å². The van der Waals surface area contributed by atoms with Crippen molar-refractivity contribution in [2.75, 3.05) is 6.61 Å². The fraction of sp³-hybridized carbons (Fsp3) is 0.333. The van der Waals surface area contributed by atoms with Crippen molar-refractivity contribution in [3.8, 4) is 5.75 Å². The molecule has 0 unspecified atom stereocenters. The first-order valence-corrected chi connectivity index (χ1v) is 6.44. The predicted octanol–water partition coefficient (Wildman–Crippen LogP) is 2.12. The van der Waals surface area contributed by atoms with Crippen LogP contribution < -0.4 is 10.5 Å². The Morgan fingerprint density at radius 1 is 1.22 bits per heavy atom. The van der Waals surface area contributed by atoms with Crippen molar-refractivity contribution >= 4 is 0 Å². The minimum atomic E-state index is 0.614. The second kappa shape index (κ2) is 4.86. The number of nitrogens with two attached hydrogens (primary N) is 1. The molecular weight excluding hydrogens is 224 g/mol. The molecule has 0 fully saturated rings. The van der Waals surface area contributed by atoms with Crippen molar-refractivity contribution in [2.24, 2.45) is 5.73 Å². The summed E-state index contributed by atoms with van der Waals surface area (Å²) in [7, 11) is 0. The molecule has 1 aromatic heterocycles. The minimum absolute atomic E-state index is 0.614. The van der Waals surface area contributed by atoms with Crippen LogP contribution in [0.1, 0.15) is 16.7 Å². The number of hydrogen-bond donors (Lipinski definition) is 1. The van der Waals surface area contributed by atoms with E-state index in [4.69, 9.17) is 10.5 Å². The third kappa shape index (κ3) is 2.27. The summed E-state index contributed by atoms with van der Waals surface area (Å²) in [6.07, 6.45) is 6.31. The smallest absolute Gasteiger partial charge is 0.122 e. The lowest BCUT2D eigenvalue weighted by Crippen LogP contribution is -1.99. The second-order valence-corrected chi connectivity index (χ2v) is 4.75. The highest BCUT2D eigenvalue weighted by Gasteiger charge is 2.11. The Kier molecular flexibility index (Phi) is 3.07. The monoisotopic (exact) mass is 242 g/mol. The summed E-state index contributed by atoms with van der Waals surface area (Å²) in [4.78, 5) is 0. The van der Waals surface area contributed by atoms with Crippen LogP contribution in [0.2, 0.25) is 0 Å². The van der Waals surface area contributed by atoms with E-state index in [0.29, 0.717) is 6.54 Å². The molecule has 1 aliphatic heterocycles. The van der Waals surface area contributed by atoms with E-state index in [9.17, 15) is 0 Å². The molecule has 1 aliphatic rings. The Hall–Kier alpha value is -1.74. The van der Waals surface area contributed by atoms with E-state index in [1.807, 2.05) is 0 Å². The summed E-state index contributed by atoms with van der Waals surface area (Å²) >= 11 is 0. The molecule has 0 amide bonds. The first kappa shape index (κ1) is 11.4. The maximum absolute atomic E-state index is 5.60. The first-order chi connectivity index (χ1) is 8.85. The van der Waals surface area contributed by atoms with Gasteiger partial charge in [0.15, 0.2) is 0 Å². The van der Waals surface area contributed by atoms with E-state index in [1.165, 1.54) is 16.7 Å². The molecule has 0 bridgehead atoms. The maximum Gasteiger partial charge on any atom is 0.122 e. The van der Waals surface area contributed by atoms with Crippen LogP contribution in [-0.4, -0.2) is 11.2 Å². The van der Waals surface area contributed by atoms with E-state index in [1.54, 1.807) is 0 Å². The number of nitrogens with zero attached hydrogens (tertiary/aromatic N) is 1. The zero-order valence-electron chi connectivity index (χ0n) is 10.4. The van der Waals surface area contributed by atoms with Gasteiger partial charge in [-0.3, -0.25) is 0 Å². The lowest BCUT2D eigenvalue weighted by atomic mass is 10.1. The van der Waals surface area contributed by atoms with Crippen molar-refractivity contribution < 1.29 is 4.74 Å². The van der Waals surface area contributed by atoms with Crippen LogP contribution in [0, 0.1) is 0 Å². The summed E-state index contributed by atoms with van der Waals surface area (Å²) in [5.41, 5.74) is 9.52. The lowest BCUT2D eigenvalue weighted by Gasteiger charge is -2.05. The summed E-state index contributed by atoms with van der Waals surface area (Å²) < 4.78 is 7.72. The quantitative estimate of drug-likeness (QED) is 0.892. The highest BCUT2D eigenvalue weighted by molar-refractivity contribution is 5.39. The molecule has 0 saturated heterocycles. The van der Waals surface area contributed by atoms with Crippen LogP contribution in [-0.2, 0) is 25.9 Å². The van der Waals surface area contributed by atoms with Gasteiger partial charge in [0.2, 0.25) is 0 Å². The molecule has 0 aliphatic carbocycles. The molecule has 0 atom stereocenters. The van der Waals surface area contributed by atoms with Crippen LogP contribution in [0.4, 0.5) is 0 Å². The Morgan fingerprint density at radius 2 is 2.17 bits per heavy atom. The van der Waals surface area contributed by atoms with Crippen molar-refractivity contribution in [2.45, 2.75) is 25.9 Å². The third-order valence-corrected chi connectivity index (χ3v) is 3.46. The largest absolute Gasteiger partial charge is 0.493 e. The average molecular weight is 242 g/mol. The van der Waals surface area contributed by atoms with Gasteiger partial charge in [-0.2, -0.15) is 0 Å². The molecule has 3 nitrogen and oxygen atoms in total. The van der Waals surface area contributed by atoms with E-state index >= 15 is 0 Å². The Morgan fingerprint density at radius 3 is 3.00 bits per heavy atom. The maximum atomic E-state index is 5.60. The van der Waals surface area contributed by atoms with Crippen LogP contribution in [0.25, 0.3) is 0 Å². The molecule has 0 saturated carbocycles. The number of hydrogen-bond acceptors (Lipinski definition) is 2. The van der Waals surface area contributed by atoms with Crippen LogP contribution in [0.15, 0.2) is 36.7 Å². The van der Waals surface area contributed by atoms with E-state index < -0.39 is 0 Å². The summed E-state index contributed by atoms with van der Waals surface area (Å²) in [6.45, 7) is 2.44. The van der Waals surface area contributed by atoms with Gasteiger partial charge in [-0.1, -0.05) is 12.1 Å². The Bertz CT molecular complexity index is 545. The van der Waals surface area contributed by atoms with Crippen molar-refractivity contribution in [1.82, 2.24) is 4.57 Å². The summed E-state index contributed by atoms with van der Waals surface area (Å²) in [5, 5.41) is 0. The van der Waals surface area contributed by atoms with Gasteiger partial charge in [0.05, 0.1) is 6.61 Å². The molecule has 2 N–H and O–H groups in total. The number of rotatable bonds is 4. The van der Waals surface area contributed by atoms with Gasteiger partial charge in [-0.05, 0) is 35.2 Å². The highest BCUT2D eigenvalue weighted by atomic mass is 16.5. The molecule has 94 valence electrons. The van der Waals surface area contributed by atoms with Crippen molar-refractivity contribution in [3.63, 3.8) is 0 Å². The normalized spacial score (nSPS) is 13.4. The van der Waals surface area contributed by atoms with Gasteiger partial charge in [-0.25, -0.2) is 0 Å². The second-order valence-electron chi connectivity index (χ2n) is 4.75. The SMILES string of the molecule is NCc1ccn(CCc2ccc3c(c2)CCO3)c1. The van der Waals surface area contributed by atoms with E-state index in [-0.39, 0.29) is 0 Å². The van der Waals surface area contributed by atoms with Crippen molar-refractivity contribution in [3.05, 3.63) is 53.3 Å². The molecule has 2 heterocycles. The molecule has 0 spiro atoms. The van der Waals surface area contributed by atoms with Gasteiger partial charge in [0.1, 0.15) is 5.75 Å². The fourth-order valence-electron chi connectivity index (χ4n) is 2.40. The van der Waals surface area contributed by atoms with Crippen LogP contribution in [0.3, 0.4) is 0 Å². The molecule has 2 aromatic rings. The molecule has 3 heteroatoms. The first-order valence-electron chi connectivity index (χ1n) is 6.44. The third-order valence-electron chi connectivity index (χ3n) is 3.46. The molecule has 1 aromatic carbocycles. The fourth-order valence-corrected chi connectivity index (χ4v) is 2.40. The van der Waals surface area contributed by atoms with E-state index in [2.05, 4.69) is 41.2 Å². The topological polar surface area (TPSA) is 40.2 Å². The van der Waals surface area contributed by atoms with Gasteiger partial charge in [-0.15, -0.1) is 0 Å². The Balaban J connectivity index is 1.66. The minimum Gasteiger partial charge on any atom is -0.493 e. The molecule has 3 rings (SSSR count). The number of ether oxygens (including phenoxy) is 1. The lowest BCUT2D eigenvalue weighted by molar-refractivity contribution is 0.357. The molecule has 18 heavy (non-hydrogen) atoms. The summed E-state index contributed by atoms with van der Waals surface area (Å²) in [6, 6.07) is 8.61. The predicted molar refractivity (Wildman–Crippen MR) is 71.7 cm³/mol. The van der Waals surface area contributed by atoms with Gasteiger partial charge < -0.3 is 15.0 Å². The number of fused-ring (bicyclic) bond motifs is 1. The number of aromatic nitrogens is 1. The van der Waals surface area contributed by atoms with E-state index in [0.717, 1.165) is 31.7 Å². The zero-order chi connectivity index (χ0) is 12.4. The molecular formula is C15H18N2O. The van der Waals surface area contributed by atoms with Crippen LogP contribution >= 0.6 is 0 Å².